The summed E-state index contributed by atoms with van der Waals surface area (Å²) in [4.78, 5) is 23.0. The fourth-order valence-electron chi connectivity index (χ4n) is 2.03. The molecule has 0 aliphatic carbocycles. The number of ether oxygens (including phenoxy) is 1. The Morgan fingerprint density at radius 2 is 1.88 bits per heavy atom. The van der Waals surface area contributed by atoms with Crippen molar-refractivity contribution in [3.05, 3.63) is 65.2 Å². The number of esters is 1. The van der Waals surface area contributed by atoms with Crippen molar-refractivity contribution >= 4 is 18.1 Å². The van der Waals surface area contributed by atoms with Crippen molar-refractivity contribution in [2.45, 2.75) is 12.8 Å². The van der Waals surface area contributed by atoms with E-state index in [2.05, 4.69) is 15.3 Å². The van der Waals surface area contributed by atoms with Crippen molar-refractivity contribution in [2.24, 2.45) is 5.10 Å². The number of aromatic hydroxyl groups is 1. The fraction of sp³-hybridized carbons (Fsp3) is 0.167. The Kier molecular flexibility index (Phi) is 6.08. The summed E-state index contributed by atoms with van der Waals surface area (Å²) in [5.41, 5.74) is 4.33. The summed E-state index contributed by atoms with van der Waals surface area (Å²) in [7, 11) is 1.32. The van der Waals surface area contributed by atoms with Crippen LogP contribution in [0.15, 0.2) is 53.6 Å². The molecule has 0 radical (unpaired) electrons. The van der Waals surface area contributed by atoms with Gasteiger partial charge in [-0.1, -0.05) is 30.3 Å². The first-order chi connectivity index (χ1) is 11.6. The van der Waals surface area contributed by atoms with E-state index in [0.29, 0.717) is 12.0 Å². The van der Waals surface area contributed by atoms with Gasteiger partial charge in [-0.15, -0.1) is 0 Å². The van der Waals surface area contributed by atoms with Crippen LogP contribution in [0.3, 0.4) is 0 Å². The molecule has 2 N–H and O–H groups in total. The molecular weight excluding hydrogens is 308 g/mol. The average molecular weight is 326 g/mol. The number of methoxy groups -OCH3 is 1. The van der Waals surface area contributed by atoms with Gasteiger partial charge < -0.3 is 9.84 Å². The van der Waals surface area contributed by atoms with E-state index in [-0.39, 0.29) is 18.1 Å². The van der Waals surface area contributed by atoms with Crippen molar-refractivity contribution in [1.82, 2.24) is 5.43 Å². The number of para-hydroxylation sites is 1. The van der Waals surface area contributed by atoms with E-state index in [1.165, 1.54) is 13.3 Å². The van der Waals surface area contributed by atoms with Crippen molar-refractivity contribution in [3.8, 4) is 5.75 Å². The standard InChI is InChI=1S/C18H18N2O4/c1-24-18(23)15-8-6-13(7-9-15)12-19-20-17(22)11-10-14-4-2-3-5-16(14)21/h2-9,12,21H,10-11H2,1H3,(H,20,22)/b19-12+. The van der Waals surface area contributed by atoms with Gasteiger partial charge in [0.1, 0.15) is 5.75 Å². The molecule has 0 saturated carbocycles. The molecule has 0 aromatic heterocycles. The lowest BCUT2D eigenvalue weighted by Gasteiger charge is -2.03. The number of nitrogens with zero attached hydrogens (tertiary/aromatic N) is 1. The number of hydrogen-bond donors (Lipinski definition) is 2. The molecule has 1 amide bonds. The summed E-state index contributed by atoms with van der Waals surface area (Å²) in [6, 6.07) is 13.5. The molecule has 0 aliphatic heterocycles. The first kappa shape index (κ1) is 17.2. The molecule has 6 nitrogen and oxygen atoms in total. The van der Waals surface area contributed by atoms with E-state index >= 15 is 0 Å². The van der Waals surface area contributed by atoms with Crippen LogP contribution in [-0.4, -0.2) is 30.3 Å². The van der Waals surface area contributed by atoms with Gasteiger partial charge in [-0.25, -0.2) is 10.2 Å². The third-order valence-electron chi connectivity index (χ3n) is 3.35. The van der Waals surface area contributed by atoms with Gasteiger partial charge in [-0.05, 0) is 35.7 Å². The second kappa shape index (κ2) is 8.47. The summed E-state index contributed by atoms with van der Waals surface area (Å²) < 4.78 is 4.61. The molecule has 0 fully saturated rings. The van der Waals surface area contributed by atoms with E-state index in [1.54, 1.807) is 42.5 Å². The minimum absolute atomic E-state index is 0.180. The molecule has 0 aliphatic rings. The van der Waals surface area contributed by atoms with E-state index in [9.17, 15) is 14.7 Å². The number of carbonyl (C=O) groups excluding carboxylic acids is 2. The number of hydrazone groups is 1. The summed E-state index contributed by atoms with van der Waals surface area (Å²) in [5.74, 6) is -0.476. The number of phenols is 1. The number of carbonyl (C=O) groups is 2. The highest BCUT2D eigenvalue weighted by molar-refractivity contribution is 5.90. The largest absolute Gasteiger partial charge is 0.508 e. The third kappa shape index (κ3) is 4.95. The van der Waals surface area contributed by atoms with Gasteiger partial charge in [0, 0.05) is 6.42 Å². The molecule has 0 unspecified atom stereocenters. The second-order valence-electron chi connectivity index (χ2n) is 5.04. The molecular formula is C18H18N2O4. The minimum atomic E-state index is -0.407. The van der Waals surface area contributed by atoms with Gasteiger partial charge in [0.2, 0.25) is 5.91 Å². The number of nitrogens with one attached hydrogen (secondary N) is 1. The molecule has 2 aromatic carbocycles. The molecule has 2 rings (SSSR count). The lowest BCUT2D eigenvalue weighted by atomic mass is 10.1. The molecule has 0 saturated heterocycles. The predicted molar refractivity (Wildman–Crippen MR) is 89.9 cm³/mol. The zero-order valence-electron chi connectivity index (χ0n) is 13.2. The lowest BCUT2D eigenvalue weighted by molar-refractivity contribution is -0.121. The monoisotopic (exact) mass is 326 g/mol. The second-order valence-corrected chi connectivity index (χ2v) is 5.04. The SMILES string of the molecule is COC(=O)c1ccc(/C=N/NC(=O)CCc2ccccc2O)cc1. The highest BCUT2D eigenvalue weighted by Gasteiger charge is 2.05. The summed E-state index contributed by atoms with van der Waals surface area (Å²) in [5, 5.41) is 13.5. The zero-order chi connectivity index (χ0) is 17.4. The molecule has 0 atom stereocenters. The van der Waals surface area contributed by atoms with E-state index in [1.807, 2.05) is 6.07 Å². The average Bonchev–Trinajstić information content (AvgIpc) is 2.61. The van der Waals surface area contributed by atoms with Crippen molar-refractivity contribution in [1.29, 1.82) is 0 Å². The Balaban J connectivity index is 1.82. The maximum absolute atomic E-state index is 11.7. The zero-order valence-corrected chi connectivity index (χ0v) is 13.2. The maximum atomic E-state index is 11.7. The van der Waals surface area contributed by atoms with Crippen LogP contribution in [0.25, 0.3) is 0 Å². The van der Waals surface area contributed by atoms with Crippen LogP contribution in [-0.2, 0) is 16.0 Å². The molecule has 124 valence electrons. The highest BCUT2D eigenvalue weighted by Crippen LogP contribution is 2.16. The quantitative estimate of drug-likeness (QED) is 0.484. The minimum Gasteiger partial charge on any atom is -0.508 e. The van der Waals surface area contributed by atoms with Crippen LogP contribution in [0.5, 0.6) is 5.75 Å². The first-order valence-corrected chi connectivity index (χ1v) is 7.37. The fourth-order valence-corrected chi connectivity index (χ4v) is 2.03. The molecule has 0 bridgehead atoms. The smallest absolute Gasteiger partial charge is 0.337 e. The van der Waals surface area contributed by atoms with Crippen molar-refractivity contribution in [2.75, 3.05) is 7.11 Å². The van der Waals surface area contributed by atoms with Gasteiger partial charge in [0.05, 0.1) is 18.9 Å². The van der Waals surface area contributed by atoms with Crippen molar-refractivity contribution < 1.29 is 19.4 Å². The van der Waals surface area contributed by atoms with Crippen LogP contribution >= 0.6 is 0 Å². The number of phenolic OH excluding ortho intramolecular Hbond substituents is 1. The van der Waals surface area contributed by atoms with Crippen molar-refractivity contribution in [3.63, 3.8) is 0 Å². The Hall–Kier alpha value is -3.15. The van der Waals surface area contributed by atoms with Crippen LogP contribution in [0, 0.1) is 0 Å². The van der Waals surface area contributed by atoms with Gasteiger partial charge in [-0.2, -0.15) is 5.10 Å². The number of hydrogen-bond acceptors (Lipinski definition) is 5. The third-order valence-corrected chi connectivity index (χ3v) is 3.35. The molecule has 2 aromatic rings. The summed E-state index contributed by atoms with van der Waals surface area (Å²) >= 11 is 0. The number of benzene rings is 2. The number of aryl methyl sites for hydroxylation is 1. The Morgan fingerprint density at radius 1 is 1.17 bits per heavy atom. The summed E-state index contributed by atoms with van der Waals surface area (Å²) in [6.45, 7) is 0. The van der Waals surface area contributed by atoms with E-state index in [0.717, 1.165) is 11.1 Å². The lowest BCUT2D eigenvalue weighted by Crippen LogP contribution is -2.17. The van der Waals surface area contributed by atoms with Gasteiger partial charge >= 0.3 is 5.97 Å². The van der Waals surface area contributed by atoms with Crippen LogP contribution in [0.4, 0.5) is 0 Å². The highest BCUT2D eigenvalue weighted by atomic mass is 16.5. The maximum Gasteiger partial charge on any atom is 0.337 e. The first-order valence-electron chi connectivity index (χ1n) is 7.37. The Bertz CT molecular complexity index is 739. The topological polar surface area (TPSA) is 88.0 Å². The van der Waals surface area contributed by atoms with Crippen LogP contribution in [0.2, 0.25) is 0 Å². The molecule has 24 heavy (non-hydrogen) atoms. The van der Waals surface area contributed by atoms with Gasteiger partial charge in [0.15, 0.2) is 0 Å². The number of rotatable bonds is 6. The van der Waals surface area contributed by atoms with E-state index < -0.39 is 5.97 Å². The van der Waals surface area contributed by atoms with Crippen LogP contribution < -0.4 is 5.43 Å². The molecule has 0 spiro atoms. The molecule has 6 heteroatoms. The molecule has 0 heterocycles. The van der Waals surface area contributed by atoms with E-state index in [4.69, 9.17) is 0 Å². The summed E-state index contributed by atoms with van der Waals surface area (Å²) in [6.07, 6.45) is 2.14. The van der Waals surface area contributed by atoms with Crippen LogP contribution in [0.1, 0.15) is 27.9 Å². The number of amides is 1. The predicted octanol–water partition coefficient (Wildman–Crippen LogP) is 2.26. The van der Waals surface area contributed by atoms with Gasteiger partial charge in [-0.3, -0.25) is 4.79 Å². The normalized spacial score (nSPS) is 10.5. The van der Waals surface area contributed by atoms with Gasteiger partial charge in [0.25, 0.3) is 0 Å². The Labute approximate surface area is 139 Å². The Morgan fingerprint density at radius 3 is 2.54 bits per heavy atom.